The van der Waals surface area contributed by atoms with Crippen molar-refractivity contribution in [3.63, 3.8) is 0 Å². The molecule has 4 rings (SSSR count). The summed E-state index contributed by atoms with van der Waals surface area (Å²) in [4.78, 5) is 12.8. The zero-order valence-corrected chi connectivity index (χ0v) is 17.6. The first kappa shape index (κ1) is 20.2. The number of hydrogen-bond donors (Lipinski definition) is 2. The number of rotatable bonds is 6. The summed E-state index contributed by atoms with van der Waals surface area (Å²) in [5.41, 5.74) is 9.98. The highest BCUT2D eigenvalue weighted by Gasteiger charge is 2.25. The second-order valence-electron chi connectivity index (χ2n) is 6.15. The third-order valence-corrected chi connectivity index (χ3v) is 4.70. The van der Waals surface area contributed by atoms with Crippen molar-refractivity contribution in [3.8, 4) is 22.8 Å². The number of hydrazone groups is 1. The van der Waals surface area contributed by atoms with E-state index in [1.807, 2.05) is 24.3 Å². The molecule has 0 bridgehead atoms. The van der Waals surface area contributed by atoms with Gasteiger partial charge in [-0.2, -0.15) is 9.78 Å². The second kappa shape index (κ2) is 8.75. The van der Waals surface area contributed by atoms with E-state index in [1.54, 1.807) is 31.4 Å². The maximum atomic E-state index is 12.8. The van der Waals surface area contributed by atoms with Crippen molar-refractivity contribution < 1.29 is 14.2 Å². The normalized spacial score (nSPS) is 11.0. The van der Waals surface area contributed by atoms with E-state index < -0.39 is 5.91 Å². The van der Waals surface area contributed by atoms with Gasteiger partial charge in [-0.25, -0.2) is 10.1 Å². The van der Waals surface area contributed by atoms with Crippen LogP contribution in [0.25, 0.3) is 17.1 Å². The van der Waals surface area contributed by atoms with Crippen molar-refractivity contribution in [1.82, 2.24) is 30.7 Å². The zero-order valence-electron chi connectivity index (χ0n) is 16.1. The fourth-order valence-corrected chi connectivity index (χ4v) is 2.98. The highest BCUT2D eigenvalue weighted by Crippen LogP contribution is 2.28. The van der Waals surface area contributed by atoms with Gasteiger partial charge in [-0.05, 0) is 40.1 Å². The van der Waals surface area contributed by atoms with E-state index in [0.29, 0.717) is 17.0 Å². The van der Waals surface area contributed by atoms with Crippen LogP contribution in [0.1, 0.15) is 16.1 Å². The van der Waals surface area contributed by atoms with Crippen LogP contribution in [0.3, 0.4) is 0 Å². The minimum absolute atomic E-state index is 0.00334. The minimum atomic E-state index is -0.576. The first-order chi connectivity index (χ1) is 15.1. The van der Waals surface area contributed by atoms with Crippen LogP contribution in [0.15, 0.2) is 62.7 Å². The Morgan fingerprint density at radius 1 is 1.26 bits per heavy atom. The van der Waals surface area contributed by atoms with Gasteiger partial charge in [0.15, 0.2) is 5.69 Å². The van der Waals surface area contributed by atoms with Gasteiger partial charge in [-0.3, -0.25) is 4.79 Å². The first-order valence-electron chi connectivity index (χ1n) is 8.84. The number of carbonyl (C=O) groups excluding carboxylic acids is 1. The fraction of sp³-hybridized carbons (Fsp3) is 0.0526. The molecule has 2 heterocycles. The Balaban J connectivity index is 1.70. The molecule has 0 saturated heterocycles. The number of aromatic nitrogens is 5. The second-order valence-corrected chi connectivity index (χ2v) is 7.07. The Labute approximate surface area is 184 Å². The molecule has 0 aliphatic rings. The molecule has 0 unspecified atom stereocenters. The van der Waals surface area contributed by atoms with Crippen LogP contribution in [0.5, 0.6) is 5.75 Å². The summed E-state index contributed by atoms with van der Waals surface area (Å²) in [6, 6.07) is 14.5. The number of carbonyl (C=O) groups is 1. The number of benzene rings is 2. The minimum Gasteiger partial charge on any atom is -0.497 e. The summed E-state index contributed by atoms with van der Waals surface area (Å²) in [6.45, 7) is 0. The molecule has 31 heavy (non-hydrogen) atoms. The van der Waals surface area contributed by atoms with Gasteiger partial charge in [0, 0.05) is 10.0 Å². The molecule has 0 atom stereocenters. The molecule has 0 aliphatic carbocycles. The van der Waals surface area contributed by atoms with E-state index in [4.69, 9.17) is 10.5 Å². The highest BCUT2D eigenvalue weighted by atomic mass is 79.9. The molecule has 0 spiro atoms. The predicted molar refractivity (Wildman–Crippen MR) is 115 cm³/mol. The smallest absolute Gasteiger partial charge is 0.294 e. The van der Waals surface area contributed by atoms with Crippen molar-refractivity contribution in [2.24, 2.45) is 5.10 Å². The Morgan fingerprint density at radius 2 is 2.06 bits per heavy atom. The van der Waals surface area contributed by atoms with Gasteiger partial charge in [-0.15, -0.1) is 5.10 Å². The Morgan fingerprint density at radius 3 is 2.77 bits per heavy atom. The summed E-state index contributed by atoms with van der Waals surface area (Å²) in [7, 11) is 1.54. The van der Waals surface area contributed by atoms with Crippen LogP contribution < -0.4 is 15.9 Å². The van der Waals surface area contributed by atoms with Gasteiger partial charge in [0.2, 0.25) is 11.6 Å². The SMILES string of the molecule is COc1cccc(-c2c(C(=O)N/N=C/c3ccc(Br)cc3)nnn2-c2nonc2N)c1. The molecule has 2 aromatic carbocycles. The number of anilines is 1. The summed E-state index contributed by atoms with van der Waals surface area (Å²) >= 11 is 3.37. The van der Waals surface area contributed by atoms with E-state index in [2.05, 4.69) is 51.7 Å². The number of nitrogens with zero attached hydrogens (tertiary/aromatic N) is 6. The molecule has 0 aliphatic heterocycles. The average Bonchev–Trinajstić information content (AvgIpc) is 3.41. The summed E-state index contributed by atoms with van der Waals surface area (Å²) < 4.78 is 12.2. The molecular formula is C19H15BrN8O3. The van der Waals surface area contributed by atoms with E-state index in [9.17, 15) is 4.79 Å². The molecule has 2 aromatic heterocycles. The molecular weight excluding hydrogens is 468 g/mol. The highest BCUT2D eigenvalue weighted by molar-refractivity contribution is 9.10. The molecule has 0 saturated carbocycles. The summed E-state index contributed by atoms with van der Waals surface area (Å²) in [6.07, 6.45) is 1.51. The van der Waals surface area contributed by atoms with Crippen LogP contribution in [0.4, 0.5) is 5.82 Å². The average molecular weight is 483 g/mol. The van der Waals surface area contributed by atoms with E-state index >= 15 is 0 Å². The zero-order chi connectivity index (χ0) is 21.8. The van der Waals surface area contributed by atoms with Gasteiger partial charge in [0.05, 0.1) is 13.3 Å². The molecule has 1 amide bonds. The lowest BCUT2D eigenvalue weighted by atomic mass is 10.1. The lowest BCUT2D eigenvalue weighted by Gasteiger charge is -2.07. The third-order valence-electron chi connectivity index (χ3n) is 4.17. The van der Waals surface area contributed by atoms with Crippen LogP contribution in [-0.2, 0) is 0 Å². The topological polar surface area (TPSA) is 146 Å². The van der Waals surface area contributed by atoms with Gasteiger partial charge in [0.25, 0.3) is 5.91 Å². The maximum Gasteiger partial charge on any atom is 0.294 e. The third kappa shape index (κ3) is 4.28. The van der Waals surface area contributed by atoms with Crippen LogP contribution in [0.2, 0.25) is 0 Å². The Kier molecular flexibility index (Phi) is 5.71. The van der Waals surface area contributed by atoms with E-state index in [0.717, 1.165) is 10.0 Å². The molecule has 0 fully saturated rings. The van der Waals surface area contributed by atoms with Crippen molar-refractivity contribution in [2.75, 3.05) is 12.8 Å². The summed E-state index contributed by atoms with van der Waals surface area (Å²) in [5.74, 6) is 0.0978. The number of halogens is 1. The van der Waals surface area contributed by atoms with Crippen molar-refractivity contribution in [1.29, 1.82) is 0 Å². The monoisotopic (exact) mass is 482 g/mol. The first-order valence-corrected chi connectivity index (χ1v) is 9.63. The molecule has 11 nitrogen and oxygen atoms in total. The lowest BCUT2D eigenvalue weighted by molar-refractivity contribution is 0.0950. The number of nitrogens with one attached hydrogen (secondary N) is 1. The number of hydrogen-bond acceptors (Lipinski definition) is 9. The van der Waals surface area contributed by atoms with E-state index in [-0.39, 0.29) is 17.3 Å². The maximum absolute atomic E-state index is 12.8. The quantitative estimate of drug-likeness (QED) is 0.314. The van der Waals surface area contributed by atoms with Gasteiger partial charge in [0.1, 0.15) is 11.4 Å². The standard InChI is InChI=1S/C19H15BrN8O3/c1-30-14-4-2-3-12(9-14)16-15(23-27-28(16)18-17(21)25-31-26-18)19(29)24-22-10-11-5-7-13(20)8-6-11/h2-10H,1H3,(H2,21,25)(H,24,29)/b22-10+. The van der Waals surface area contributed by atoms with Crippen LogP contribution >= 0.6 is 15.9 Å². The Hall–Kier alpha value is -4.06. The molecule has 3 N–H and O–H groups in total. The molecule has 4 aromatic rings. The number of nitrogens with two attached hydrogens (primary N) is 1. The number of amides is 1. The summed E-state index contributed by atoms with van der Waals surface area (Å²) in [5, 5.41) is 19.3. The lowest BCUT2D eigenvalue weighted by Crippen LogP contribution is -2.19. The van der Waals surface area contributed by atoms with Crippen molar-refractivity contribution in [3.05, 3.63) is 64.3 Å². The molecule has 12 heteroatoms. The van der Waals surface area contributed by atoms with E-state index in [1.165, 1.54) is 10.9 Å². The number of ether oxygens (including phenoxy) is 1. The predicted octanol–water partition coefficient (Wildman–Crippen LogP) is 2.43. The fourth-order valence-electron chi connectivity index (χ4n) is 2.72. The molecule has 156 valence electrons. The van der Waals surface area contributed by atoms with Gasteiger partial charge >= 0.3 is 0 Å². The number of nitrogen functional groups attached to an aromatic ring is 1. The van der Waals surface area contributed by atoms with Crippen LogP contribution in [0, 0.1) is 0 Å². The van der Waals surface area contributed by atoms with Crippen LogP contribution in [-0.4, -0.2) is 44.5 Å². The number of methoxy groups -OCH3 is 1. The van der Waals surface area contributed by atoms with Crippen molar-refractivity contribution >= 4 is 33.9 Å². The van der Waals surface area contributed by atoms with Gasteiger partial charge in [-0.1, -0.05) is 45.4 Å². The molecule has 0 radical (unpaired) electrons. The largest absolute Gasteiger partial charge is 0.497 e. The van der Waals surface area contributed by atoms with Gasteiger partial charge < -0.3 is 10.5 Å². The Bertz CT molecular complexity index is 1250. The van der Waals surface area contributed by atoms with Crippen molar-refractivity contribution in [2.45, 2.75) is 0 Å².